The van der Waals surface area contributed by atoms with Gasteiger partial charge in [-0.2, -0.15) is 0 Å². The minimum Gasteiger partial charge on any atom is -0.378 e. The molecule has 35 heavy (non-hydrogen) atoms. The Bertz CT molecular complexity index is 1320. The molecule has 0 unspecified atom stereocenters. The highest BCUT2D eigenvalue weighted by molar-refractivity contribution is 8.18. The number of morpholine rings is 1. The van der Waals surface area contributed by atoms with Gasteiger partial charge in [-0.1, -0.05) is 18.2 Å². The first-order chi connectivity index (χ1) is 17.0. The Labute approximate surface area is 208 Å². The van der Waals surface area contributed by atoms with Crippen LogP contribution in [0.15, 0.2) is 64.6 Å². The molecule has 0 aliphatic carbocycles. The summed E-state index contributed by atoms with van der Waals surface area (Å²) in [6.45, 7) is 5.79. The van der Waals surface area contributed by atoms with Crippen molar-refractivity contribution in [3.05, 3.63) is 65.2 Å². The predicted molar refractivity (Wildman–Crippen MR) is 141 cm³/mol. The van der Waals surface area contributed by atoms with E-state index in [1.807, 2.05) is 60.2 Å². The van der Waals surface area contributed by atoms with Gasteiger partial charge in [-0.3, -0.25) is 14.5 Å². The molecule has 2 N–H and O–H groups in total. The van der Waals surface area contributed by atoms with Crippen LogP contribution in [0.3, 0.4) is 0 Å². The molecule has 8 nitrogen and oxygen atoms in total. The van der Waals surface area contributed by atoms with Gasteiger partial charge in [-0.25, -0.2) is 4.99 Å². The second-order valence-electron chi connectivity index (χ2n) is 8.37. The first-order valence-electron chi connectivity index (χ1n) is 11.6. The highest BCUT2D eigenvalue weighted by Crippen LogP contribution is 2.35. The van der Waals surface area contributed by atoms with Crippen molar-refractivity contribution in [3.8, 4) is 0 Å². The zero-order valence-electron chi connectivity index (χ0n) is 19.5. The van der Waals surface area contributed by atoms with Crippen molar-refractivity contribution < 1.29 is 14.3 Å². The van der Waals surface area contributed by atoms with Gasteiger partial charge in [0.1, 0.15) is 6.54 Å². The number of rotatable bonds is 6. The maximum atomic E-state index is 13.2. The summed E-state index contributed by atoms with van der Waals surface area (Å²) in [5.74, 6) is -0.490. The highest BCUT2D eigenvalue weighted by atomic mass is 32.2. The topological polar surface area (TPSA) is 93.2 Å². The molecule has 3 aromatic rings. The van der Waals surface area contributed by atoms with Crippen LogP contribution in [0.4, 0.5) is 11.4 Å². The number of para-hydroxylation sites is 1. The van der Waals surface area contributed by atoms with E-state index in [1.54, 1.807) is 4.90 Å². The number of carbonyl (C=O) groups is 2. The Balaban J connectivity index is 1.43. The van der Waals surface area contributed by atoms with Gasteiger partial charge in [-0.05, 0) is 55.1 Å². The lowest BCUT2D eigenvalue weighted by molar-refractivity contribution is -0.122. The summed E-state index contributed by atoms with van der Waals surface area (Å²) in [5.41, 5.74) is 9.14. The SMILES string of the molecule is CCN1C(=O)/C(=C/c2cn(CC(N)=O)c3ccccc23)SC1=Nc1ccc(N2CCOCC2)cc1. The summed E-state index contributed by atoms with van der Waals surface area (Å²) >= 11 is 1.36. The molecule has 0 bridgehead atoms. The maximum Gasteiger partial charge on any atom is 0.266 e. The van der Waals surface area contributed by atoms with E-state index in [2.05, 4.69) is 17.0 Å². The number of primary amides is 1. The van der Waals surface area contributed by atoms with E-state index in [-0.39, 0.29) is 12.5 Å². The number of hydrogen-bond acceptors (Lipinski definition) is 6. The van der Waals surface area contributed by atoms with E-state index in [0.29, 0.717) is 16.6 Å². The van der Waals surface area contributed by atoms with Crippen LogP contribution < -0.4 is 10.6 Å². The number of amidine groups is 1. The molecule has 0 spiro atoms. The van der Waals surface area contributed by atoms with Crippen LogP contribution in [0.5, 0.6) is 0 Å². The minimum absolute atomic E-state index is 0.0760. The number of ether oxygens (including phenoxy) is 1. The van der Waals surface area contributed by atoms with Gasteiger partial charge in [0.15, 0.2) is 5.17 Å². The molecule has 3 heterocycles. The Hall–Kier alpha value is -3.56. The molecule has 2 fully saturated rings. The standard InChI is InChI=1S/C26H27N5O3S/c1-2-31-25(33)23(15-18-16-30(17-24(27)32)22-6-4-3-5-21(18)22)35-26(31)28-19-7-9-20(10-8-19)29-11-13-34-14-12-29/h3-10,15-16H,2,11-14,17H2,1H3,(H2,27,32)/b23-15-,28-26?. The van der Waals surface area contributed by atoms with Gasteiger partial charge in [0.05, 0.1) is 23.8 Å². The van der Waals surface area contributed by atoms with Crippen molar-refractivity contribution >= 4 is 57.1 Å². The first kappa shape index (κ1) is 23.2. The van der Waals surface area contributed by atoms with Crippen LogP contribution in [0, 0.1) is 0 Å². The normalized spacial score (nSPS) is 18.8. The first-order valence-corrected chi connectivity index (χ1v) is 12.4. The predicted octanol–water partition coefficient (Wildman–Crippen LogP) is 3.59. The molecule has 9 heteroatoms. The summed E-state index contributed by atoms with van der Waals surface area (Å²) in [4.78, 5) is 34.1. The number of amides is 2. The van der Waals surface area contributed by atoms with Crippen LogP contribution in [-0.4, -0.2) is 59.3 Å². The quantitative estimate of drug-likeness (QED) is 0.534. The van der Waals surface area contributed by atoms with Crippen molar-refractivity contribution in [2.45, 2.75) is 13.5 Å². The molecule has 2 aliphatic rings. The van der Waals surface area contributed by atoms with E-state index in [0.717, 1.165) is 54.1 Å². The molecule has 2 amide bonds. The van der Waals surface area contributed by atoms with Crippen LogP contribution in [0.25, 0.3) is 17.0 Å². The van der Waals surface area contributed by atoms with Gasteiger partial charge in [0.25, 0.3) is 5.91 Å². The van der Waals surface area contributed by atoms with Crippen LogP contribution in [-0.2, 0) is 20.9 Å². The maximum absolute atomic E-state index is 13.2. The average Bonchev–Trinajstić information content (AvgIpc) is 3.36. The lowest BCUT2D eigenvalue weighted by atomic mass is 10.1. The number of carbonyl (C=O) groups excluding carboxylic acids is 2. The lowest BCUT2D eigenvalue weighted by Crippen LogP contribution is -2.36. The third kappa shape index (κ3) is 4.82. The zero-order valence-corrected chi connectivity index (χ0v) is 20.3. The van der Waals surface area contributed by atoms with E-state index in [1.165, 1.54) is 11.8 Å². The monoisotopic (exact) mass is 489 g/mol. The number of hydrogen-bond donors (Lipinski definition) is 1. The van der Waals surface area contributed by atoms with Crippen molar-refractivity contribution in [1.29, 1.82) is 0 Å². The molecular formula is C26H27N5O3S. The Morgan fingerprint density at radius 1 is 1.14 bits per heavy atom. The van der Waals surface area contributed by atoms with E-state index in [9.17, 15) is 9.59 Å². The Morgan fingerprint density at radius 3 is 2.60 bits per heavy atom. The molecular weight excluding hydrogens is 462 g/mol. The smallest absolute Gasteiger partial charge is 0.266 e. The number of fused-ring (bicyclic) bond motifs is 1. The largest absolute Gasteiger partial charge is 0.378 e. The number of nitrogens with zero attached hydrogens (tertiary/aromatic N) is 4. The van der Waals surface area contributed by atoms with Crippen LogP contribution in [0.2, 0.25) is 0 Å². The number of anilines is 1. The third-order valence-electron chi connectivity index (χ3n) is 6.09. The van der Waals surface area contributed by atoms with E-state index >= 15 is 0 Å². The number of likely N-dealkylation sites (N-methyl/N-ethyl adjacent to an activating group) is 1. The number of aromatic nitrogens is 1. The third-order valence-corrected chi connectivity index (χ3v) is 7.09. The molecule has 0 atom stereocenters. The van der Waals surface area contributed by atoms with Crippen LogP contribution in [0.1, 0.15) is 12.5 Å². The number of nitrogens with two attached hydrogens (primary N) is 1. The second kappa shape index (κ2) is 9.97. The summed E-state index contributed by atoms with van der Waals surface area (Å²) in [5, 5.41) is 1.62. The van der Waals surface area contributed by atoms with Crippen LogP contribution >= 0.6 is 11.8 Å². The molecule has 1 aromatic heterocycles. The average molecular weight is 490 g/mol. The van der Waals surface area contributed by atoms with E-state index in [4.69, 9.17) is 15.5 Å². The molecule has 5 rings (SSSR count). The highest BCUT2D eigenvalue weighted by Gasteiger charge is 2.32. The molecule has 0 radical (unpaired) electrons. The summed E-state index contributed by atoms with van der Waals surface area (Å²) in [6.07, 6.45) is 3.74. The second-order valence-corrected chi connectivity index (χ2v) is 9.38. The van der Waals surface area contributed by atoms with Crippen molar-refractivity contribution in [2.24, 2.45) is 10.7 Å². The summed E-state index contributed by atoms with van der Waals surface area (Å²) < 4.78 is 7.25. The van der Waals surface area contributed by atoms with Gasteiger partial charge in [-0.15, -0.1) is 0 Å². The fourth-order valence-electron chi connectivity index (χ4n) is 4.37. The van der Waals surface area contributed by atoms with Gasteiger partial charge < -0.3 is 19.9 Å². The molecule has 2 aromatic carbocycles. The molecule has 2 saturated heterocycles. The van der Waals surface area contributed by atoms with Gasteiger partial charge in [0, 0.05) is 48.0 Å². The molecule has 2 aliphatic heterocycles. The number of thioether (sulfide) groups is 1. The molecule has 180 valence electrons. The summed E-state index contributed by atoms with van der Waals surface area (Å²) in [6, 6.07) is 15.9. The zero-order chi connectivity index (χ0) is 24.4. The van der Waals surface area contributed by atoms with Crippen molar-refractivity contribution in [2.75, 3.05) is 37.7 Å². The molecule has 0 saturated carbocycles. The van der Waals surface area contributed by atoms with E-state index < -0.39 is 5.91 Å². The minimum atomic E-state index is -0.414. The van der Waals surface area contributed by atoms with Crippen molar-refractivity contribution in [1.82, 2.24) is 9.47 Å². The fraction of sp³-hybridized carbons (Fsp3) is 0.269. The lowest BCUT2D eigenvalue weighted by Gasteiger charge is -2.28. The number of benzene rings is 2. The number of aliphatic imine (C=N–C) groups is 1. The van der Waals surface area contributed by atoms with Crippen molar-refractivity contribution in [3.63, 3.8) is 0 Å². The van der Waals surface area contributed by atoms with Gasteiger partial charge in [0.2, 0.25) is 5.91 Å². The Kier molecular flexibility index (Phi) is 6.61. The summed E-state index contributed by atoms with van der Waals surface area (Å²) in [7, 11) is 0. The fourth-order valence-corrected chi connectivity index (χ4v) is 5.42. The Morgan fingerprint density at radius 2 is 1.89 bits per heavy atom. The van der Waals surface area contributed by atoms with Gasteiger partial charge >= 0.3 is 0 Å².